The van der Waals surface area contributed by atoms with E-state index in [0.29, 0.717) is 12.3 Å². The number of nitrogens with one attached hydrogen (secondary N) is 1. The molecule has 2 N–H and O–H groups in total. The Kier molecular flexibility index (Phi) is 5.79. The average molecular weight is 349 g/mol. The van der Waals surface area contributed by atoms with Crippen molar-refractivity contribution in [1.82, 2.24) is 10.2 Å². The van der Waals surface area contributed by atoms with E-state index in [4.69, 9.17) is 0 Å². The third-order valence-corrected chi connectivity index (χ3v) is 3.95. The highest BCUT2D eigenvalue weighted by atomic mass is 79.9. The topological polar surface area (TPSA) is 35.5 Å². The van der Waals surface area contributed by atoms with E-state index in [1.165, 1.54) is 11.1 Å². The van der Waals surface area contributed by atoms with Crippen LogP contribution in [0.3, 0.4) is 0 Å². The largest absolute Gasteiger partial charge is 0.506 e. The lowest BCUT2D eigenvalue weighted by Gasteiger charge is -2.15. The van der Waals surface area contributed by atoms with Crippen molar-refractivity contribution in [2.24, 2.45) is 0 Å². The molecule has 0 aliphatic rings. The number of rotatable bonds is 6. The molecule has 0 saturated heterocycles. The summed E-state index contributed by atoms with van der Waals surface area (Å²) in [5, 5.41) is 13.4. The monoisotopic (exact) mass is 348 g/mol. The Morgan fingerprint density at radius 2 is 1.57 bits per heavy atom. The fourth-order valence-electron chi connectivity index (χ4n) is 2.26. The summed E-state index contributed by atoms with van der Waals surface area (Å²) in [5.74, 6) is 0.312. The summed E-state index contributed by atoms with van der Waals surface area (Å²) >= 11 is 3.34. The maximum atomic E-state index is 9.97. The minimum Gasteiger partial charge on any atom is -0.506 e. The highest BCUT2D eigenvalue weighted by molar-refractivity contribution is 9.10. The Labute approximate surface area is 134 Å². The van der Waals surface area contributed by atoms with Gasteiger partial charge in [0.15, 0.2) is 0 Å². The van der Waals surface area contributed by atoms with E-state index in [1.54, 1.807) is 0 Å². The van der Waals surface area contributed by atoms with Gasteiger partial charge in [-0.2, -0.15) is 0 Å². The second-order valence-corrected chi connectivity index (χ2v) is 6.21. The SMILES string of the molecule is CN(C)Cc1ccccc1CNCc1cccc(Br)c1O. The van der Waals surface area contributed by atoms with Crippen molar-refractivity contribution in [2.75, 3.05) is 14.1 Å². The van der Waals surface area contributed by atoms with Crippen molar-refractivity contribution >= 4 is 15.9 Å². The molecule has 0 aliphatic carbocycles. The molecule has 0 radical (unpaired) electrons. The van der Waals surface area contributed by atoms with Gasteiger partial charge in [0.2, 0.25) is 0 Å². The van der Waals surface area contributed by atoms with Crippen molar-refractivity contribution in [3.05, 3.63) is 63.6 Å². The van der Waals surface area contributed by atoms with E-state index in [2.05, 4.69) is 64.5 Å². The number of hydrogen-bond donors (Lipinski definition) is 2. The number of nitrogens with zero attached hydrogens (tertiary/aromatic N) is 1. The molecular formula is C17H21BrN2O. The molecule has 21 heavy (non-hydrogen) atoms. The van der Waals surface area contributed by atoms with Crippen LogP contribution in [-0.2, 0) is 19.6 Å². The van der Waals surface area contributed by atoms with E-state index in [9.17, 15) is 5.11 Å². The van der Waals surface area contributed by atoms with Gasteiger partial charge in [-0.25, -0.2) is 0 Å². The van der Waals surface area contributed by atoms with Gasteiger partial charge in [0.05, 0.1) is 4.47 Å². The van der Waals surface area contributed by atoms with Crippen LogP contribution in [0.4, 0.5) is 0 Å². The predicted octanol–water partition coefficient (Wildman–Crippen LogP) is 3.51. The summed E-state index contributed by atoms with van der Waals surface area (Å²) in [4.78, 5) is 2.17. The summed E-state index contributed by atoms with van der Waals surface area (Å²) in [6, 6.07) is 14.1. The molecular weight excluding hydrogens is 328 g/mol. The van der Waals surface area contributed by atoms with Crippen molar-refractivity contribution in [1.29, 1.82) is 0 Å². The van der Waals surface area contributed by atoms with Gasteiger partial charge in [-0.3, -0.25) is 0 Å². The lowest BCUT2D eigenvalue weighted by molar-refractivity contribution is 0.400. The van der Waals surface area contributed by atoms with Crippen LogP contribution in [0, 0.1) is 0 Å². The first-order valence-corrected chi connectivity index (χ1v) is 7.76. The average Bonchev–Trinajstić information content (AvgIpc) is 2.45. The van der Waals surface area contributed by atoms with Crippen LogP contribution in [0.15, 0.2) is 46.9 Å². The van der Waals surface area contributed by atoms with Gasteiger partial charge in [0.1, 0.15) is 5.75 Å². The molecule has 112 valence electrons. The van der Waals surface area contributed by atoms with Crippen LogP contribution >= 0.6 is 15.9 Å². The maximum absolute atomic E-state index is 9.97. The maximum Gasteiger partial charge on any atom is 0.134 e. The molecule has 0 spiro atoms. The molecule has 0 bridgehead atoms. The quantitative estimate of drug-likeness (QED) is 0.838. The molecule has 0 heterocycles. The Morgan fingerprint density at radius 1 is 0.952 bits per heavy atom. The molecule has 3 nitrogen and oxygen atoms in total. The minimum atomic E-state index is 0.312. The summed E-state index contributed by atoms with van der Waals surface area (Å²) in [7, 11) is 4.15. The fraction of sp³-hybridized carbons (Fsp3) is 0.294. The number of para-hydroxylation sites is 1. The summed E-state index contributed by atoms with van der Waals surface area (Å²) < 4.78 is 0.731. The van der Waals surface area contributed by atoms with Crippen LogP contribution in [0.2, 0.25) is 0 Å². The first-order chi connectivity index (χ1) is 10.1. The van der Waals surface area contributed by atoms with Crippen LogP contribution in [0.5, 0.6) is 5.75 Å². The molecule has 0 saturated carbocycles. The Bertz CT molecular complexity index is 599. The second kappa shape index (κ2) is 7.59. The molecule has 0 amide bonds. The number of benzene rings is 2. The molecule has 0 unspecified atom stereocenters. The Hall–Kier alpha value is -1.36. The zero-order valence-corrected chi connectivity index (χ0v) is 14.0. The van der Waals surface area contributed by atoms with Crippen LogP contribution in [0.25, 0.3) is 0 Å². The second-order valence-electron chi connectivity index (χ2n) is 5.36. The van der Waals surface area contributed by atoms with E-state index in [-0.39, 0.29) is 0 Å². The van der Waals surface area contributed by atoms with E-state index < -0.39 is 0 Å². The van der Waals surface area contributed by atoms with Gasteiger partial charge in [-0.15, -0.1) is 0 Å². The predicted molar refractivity (Wildman–Crippen MR) is 90.2 cm³/mol. The van der Waals surface area contributed by atoms with Gasteiger partial charge < -0.3 is 15.3 Å². The van der Waals surface area contributed by atoms with Crippen LogP contribution < -0.4 is 5.32 Å². The molecule has 0 aromatic heterocycles. The van der Waals surface area contributed by atoms with Crippen LogP contribution in [-0.4, -0.2) is 24.1 Å². The van der Waals surface area contributed by atoms with Gasteiger partial charge in [0.25, 0.3) is 0 Å². The van der Waals surface area contributed by atoms with Crippen molar-refractivity contribution in [3.8, 4) is 5.75 Å². The Morgan fingerprint density at radius 3 is 2.29 bits per heavy atom. The van der Waals surface area contributed by atoms with E-state index in [1.807, 2.05) is 18.2 Å². The smallest absolute Gasteiger partial charge is 0.134 e. The summed E-state index contributed by atoms with van der Waals surface area (Å²) in [6.07, 6.45) is 0. The number of phenols is 1. The zero-order chi connectivity index (χ0) is 15.2. The van der Waals surface area contributed by atoms with Crippen molar-refractivity contribution < 1.29 is 5.11 Å². The number of hydrogen-bond acceptors (Lipinski definition) is 3. The first kappa shape index (κ1) is 16.0. The van der Waals surface area contributed by atoms with Gasteiger partial charge in [-0.05, 0) is 47.2 Å². The van der Waals surface area contributed by atoms with E-state index in [0.717, 1.165) is 23.1 Å². The zero-order valence-electron chi connectivity index (χ0n) is 12.4. The third kappa shape index (κ3) is 4.56. The number of aromatic hydroxyl groups is 1. The molecule has 2 rings (SSSR count). The van der Waals surface area contributed by atoms with Crippen molar-refractivity contribution in [3.63, 3.8) is 0 Å². The van der Waals surface area contributed by atoms with E-state index >= 15 is 0 Å². The normalized spacial score (nSPS) is 11.0. The fourth-order valence-corrected chi connectivity index (χ4v) is 2.67. The summed E-state index contributed by atoms with van der Waals surface area (Å²) in [5.41, 5.74) is 3.52. The molecule has 2 aromatic rings. The minimum absolute atomic E-state index is 0.312. The molecule has 0 atom stereocenters. The number of halogens is 1. The summed E-state index contributed by atoms with van der Waals surface area (Å²) in [6.45, 7) is 2.36. The highest BCUT2D eigenvalue weighted by Gasteiger charge is 2.06. The third-order valence-electron chi connectivity index (χ3n) is 3.31. The van der Waals surface area contributed by atoms with Crippen LogP contribution in [0.1, 0.15) is 16.7 Å². The Balaban J connectivity index is 1.99. The lowest BCUT2D eigenvalue weighted by atomic mass is 10.1. The van der Waals surface area contributed by atoms with Gasteiger partial charge in [0, 0.05) is 25.2 Å². The molecule has 4 heteroatoms. The lowest BCUT2D eigenvalue weighted by Crippen LogP contribution is -2.17. The molecule has 2 aromatic carbocycles. The number of phenolic OH excluding ortho intramolecular Hbond substituents is 1. The molecule has 0 fully saturated rings. The van der Waals surface area contributed by atoms with Gasteiger partial charge >= 0.3 is 0 Å². The van der Waals surface area contributed by atoms with Crippen molar-refractivity contribution in [2.45, 2.75) is 19.6 Å². The standard InChI is InChI=1S/C17H21BrN2O/c1-20(2)12-15-7-4-3-6-13(15)10-19-11-14-8-5-9-16(18)17(14)21/h3-9,19,21H,10-12H2,1-2H3. The first-order valence-electron chi connectivity index (χ1n) is 6.96. The van der Waals surface area contributed by atoms with Gasteiger partial charge in [-0.1, -0.05) is 36.4 Å². The highest BCUT2D eigenvalue weighted by Crippen LogP contribution is 2.27. The molecule has 0 aliphatic heterocycles.